The van der Waals surface area contributed by atoms with E-state index >= 15 is 0 Å². The minimum absolute atomic E-state index is 0.329. The molecular formula is C14H20N2O3. The van der Waals surface area contributed by atoms with Crippen molar-refractivity contribution in [3.63, 3.8) is 0 Å². The van der Waals surface area contributed by atoms with Crippen LogP contribution in [0.1, 0.15) is 20.8 Å². The molecule has 0 spiro atoms. The van der Waals surface area contributed by atoms with Gasteiger partial charge in [0, 0.05) is 19.3 Å². The minimum Gasteiger partial charge on any atom is -0.480 e. The van der Waals surface area contributed by atoms with Crippen molar-refractivity contribution in [2.24, 2.45) is 0 Å². The van der Waals surface area contributed by atoms with Crippen LogP contribution in [0.5, 0.6) is 0 Å². The second-order valence-electron chi connectivity index (χ2n) is 4.79. The molecule has 0 radical (unpaired) electrons. The number of benzene rings is 1. The van der Waals surface area contributed by atoms with Gasteiger partial charge >= 0.3 is 12.0 Å². The van der Waals surface area contributed by atoms with E-state index in [1.54, 1.807) is 26.1 Å². The quantitative estimate of drug-likeness (QED) is 0.908. The Bertz CT molecular complexity index is 457. The molecule has 104 valence electrons. The summed E-state index contributed by atoms with van der Waals surface area (Å²) < 4.78 is 0. The van der Waals surface area contributed by atoms with Crippen molar-refractivity contribution in [2.45, 2.75) is 26.3 Å². The van der Waals surface area contributed by atoms with E-state index in [0.717, 1.165) is 5.69 Å². The largest absolute Gasteiger partial charge is 0.480 e. The zero-order valence-corrected chi connectivity index (χ0v) is 11.8. The summed E-state index contributed by atoms with van der Waals surface area (Å²) >= 11 is 0. The fraction of sp³-hybridized carbons (Fsp3) is 0.429. The van der Waals surface area contributed by atoms with E-state index in [0.29, 0.717) is 6.54 Å². The van der Waals surface area contributed by atoms with Gasteiger partial charge in [-0.2, -0.15) is 0 Å². The van der Waals surface area contributed by atoms with Crippen LogP contribution in [-0.4, -0.2) is 41.1 Å². The number of carbonyl (C=O) groups excluding carboxylic acids is 1. The lowest BCUT2D eigenvalue weighted by Crippen LogP contribution is -2.56. The molecule has 0 fully saturated rings. The second kappa shape index (κ2) is 5.73. The molecule has 0 saturated carbocycles. The number of carbonyl (C=O) groups is 2. The van der Waals surface area contributed by atoms with Crippen molar-refractivity contribution in [3.05, 3.63) is 30.3 Å². The summed E-state index contributed by atoms with van der Waals surface area (Å²) in [6.07, 6.45) is 0. The summed E-state index contributed by atoms with van der Waals surface area (Å²) in [5, 5.41) is 9.23. The van der Waals surface area contributed by atoms with E-state index in [4.69, 9.17) is 0 Å². The van der Waals surface area contributed by atoms with E-state index < -0.39 is 11.5 Å². The molecule has 0 unspecified atom stereocenters. The van der Waals surface area contributed by atoms with Gasteiger partial charge in [-0.1, -0.05) is 18.2 Å². The minimum atomic E-state index is -1.24. The molecular weight excluding hydrogens is 244 g/mol. The highest BCUT2D eigenvalue weighted by Crippen LogP contribution is 2.20. The molecule has 1 aromatic rings. The number of rotatable bonds is 4. The van der Waals surface area contributed by atoms with Crippen LogP contribution < -0.4 is 4.90 Å². The topological polar surface area (TPSA) is 60.9 Å². The molecule has 0 saturated heterocycles. The molecule has 0 bridgehead atoms. The van der Waals surface area contributed by atoms with Gasteiger partial charge in [0.05, 0.1) is 0 Å². The first-order valence-corrected chi connectivity index (χ1v) is 6.16. The Morgan fingerprint density at radius 1 is 1.21 bits per heavy atom. The molecule has 1 aromatic carbocycles. The SMILES string of the molecule is CCN(C(=O)N(C)c1ccccc1)C(C)(C)C(=O)O. The van der Waals surface area contributed by atoms with Crippen molar-refractivity contribution < 1.29 is 14.7 Å². The third-order valence-electron chi connectivity index (χ3n) is 3.18. The van der Waals surface area contributed by atoms with Gasteiger partial charge in [0.2, 0.25) is 0 Å². The molecule has 0 aromatic heterocycles. The van der Waals surface area contributed by atoms with Gasteiger partial charge in [0.1, 0.15) is 5.54 Å². The number of anilines is 1. The molecule has 0 atom stereocenters. The highest BCUT2D eigenvalue weighted by atomic mass is 16.4. The summed E-state index contributed by atoms with van der Waals surface area (Å²) in [6.45, 7) is 5.14. The van der Waals surface area contributed by atoms with E-state index in [2.05, 4.69) is 0 Å². The van der Waals surface area contributed by atoms with Crippen LogP contribution in [0.4, 0.5) is 10.5 Å². The normalized spacial score (nSPS) is 10.9. The van der Waals surface area contributed by atoms with E-state index in [1.165, 1.54) is 23.6 Å². The van der Waals surface area contributed by atoms with Crippen LogP contribution in [0.2, 0.25) is 0 Å². The van der Waals surface area contributed by atoms with Gasteiger partial charge in [-0.3, -0.25) is 4.90 Å². The number of hydrogen-bond donors (Lipinski definition) is 1. The van der Waals surface area contributed by atoms with Gasteiger partial charge in [-0.15, -0.1) is 0 Å². The summed E-state index contributed by atoms with van der Waals surface area (Å²) in [5.74, 6) is -1.02. The fourth-order valence-electron chi connectivity index (χ4n) is 1.83. The van der Waals surface area contributed by atoms with Gasteiger partial charge in [-0.25, -0.2) is 9.59 Å². The summed E-state index contributed by atoms with van der Waals surface area (Å²) in [7, 11) is 1.64. The summed E-state index contributed by atoms with van der Waals surface area (Å²) in [4.78, 5) is 26.5. The Hall–Kier alpha value is -2.04. The van der Waals surface area contributed by atoms with Crippen molar-refractivity contribution >= 4 is 17.7 Å². The van der Waals surface area contributed by atoms with Crippen LogP contribution in [0.25, 0.3) is 0 Å². The van der Waals surface area contributed by atoms with Crippen LogP contribution in [-0.2, 0) is 4.79 Å². The Kier molecular flexibility index (Phi) is 4.53. The molecule has 0 aliphatic carbocycles. The number of urea groups is 1. The van der Waals surface area contributed by atoms with Crippen molar-refractivity contribution in [1.82, 2.24) is 4.90 Å². The highest BCUT2D eigenvalue weighted by Gasteiger charge is 2.38. The molecule has 5 heteroatoms. The summed E-state index contributed by atoms with van der Waals surface area (Å²) in [5.41, 5.74) is -0.512. The molecule has 19 heavy (non-hydrogen) atoms. The Labute approximate surface area is 113 Å². The lowest BCUT2D eigenvalue weighted by Gasteiger charge is -2.36. The van der Waals surface area contributed by atoms with Crippen LogP contribution in [0.15, 0.2) is 30.3 Å². The van der Waals surface area contributed by atoms with Crippen LogP contribution in [0.3, 0.4) is 0 Å². The second-order valence-corrected chi connectivity index (χ2v) is 4.79. The first-order chi connectivity index (χ1) is 8.82. The average Bonchev–Trinajstić information content (AvgIpc) is 2.39. The monoisotopic (exact) mass is 264 g/mol. The number of aliphatic carboxylic acids is 1. The van der Waals surface area contributed by atoms with Gasteiger partial charge in [0.25, 0.3) is 0 Å². The first kappa shape index (κ1) is 15.0. The molecule has 0 heterocycles. The van der Waals surface area contributed by atoms with Gasteiger partial charge in [-0.05, 0) is 32.9 Å². The Balaban J connectivity index is 3.00. The lowest BCUT2D eigenvalue weighted by atomic mass is 10.0. The maximum absolute atomic E-state index is 12.4. The molecule has 2 amide bonds. The Morgan fingerprint density at radius 3 is 2.16 bits per heavy atom. The highest BCUT2D eigenvalue weighted by molar-refractivity contribution is 5.95. The predicted octanol–water partition coefficient (Wildman–Crippen LogP) is 2.43. The Morgan fingerprint density at radius 2 is 1.74 bits per heavy atom. The van der Waals surface area contributed by atoms with E-state index in [9.17, 15) is 14.7 Å². The number of carboxylic acid groups (broad SMARTS) is 1. The van der Waals surface area contributed by atoms with Crippen LogP contribution >= 0.6 is 0 Å². The lowest BCUT2D eigenvalue weighted by molar-refractivity contribution is -0.147. The molecule has 1 N–H and O–H groups in total. The zero-order valence-electron chi connectivity index (χ0n) is 11.8. The third kappa shape index (κ3) is 3.05. The number of carboxylic acids is 1. The van der Waals surface area contributed by atoms with E-state index in [-0.39, 0.29) is 6.03 Å². The maximum Gasteiger partial charge on any atom is 0.329 e. The average molecular weight is 264 g/mol. The predicted molar refractivity (Wildman–Crippen MR) is 74.3 cm³/mol. The number of hydrogen-bond acceptors (Lipinski definition) is 2. The first-order valence-electron chi connectivity index (χ1n) is 6.16. The summed E-state index contributed by atoms with van der Waals surface area (Å²) in [6, 6.07) is 8.80. The van der Waals surface area contributed by atoms with Crippen molar-refractivity contribution in [1.29, 1.82) is 0 Å². The molecule has 5 nitrogen and oxygen atoms in total. The zero-order chi connectivity index (χ0) is 14.6. The van der Waals surface area contributed by atoms with Crippen molar-refractivity contribution in [2.75, 3.05) is 18.5 Å². The standard InChI is InChI=1S/C14H20N2O3/c1-5-16(14(2,3)12(17)18)13(19)15(4)11-9-7-6-8-10-11/h6-10H,5H2,1-4H3,(H,17,18). The molecule has 0 aliphatic rings. The van der Waals surface area contributed by atoms with Crippen LogP contribution in [0, 0.1) is 0 Å². The van der Waals surface area contributed by atoms with Gasteiger partial charge in [0.15, 0.2) is 0 Å². The fourth-order valence-corrected chi connectivity index (χ4v) is 1.83. The van der Waals surface area contributed by atoms with Crippen molar-refractivity contribution in [3.8, 4) is 0 Å². The number of amides is 2. The van der Waals surface area contributed by atoms with E-state index in [1.807, 2.05) is 18.2 Å². The maximum atomic E-state index is 12.4. The smallest absolute Gasteiger partial charge is 0.329 e. The number of nitrogens with zero attached hydrogens (tertiary/aromatic N) is 2. The number of likely N-dealkylation sites (N-methyl/N-ethyl adjacent to an activating group) is 1. The molecule has 0 aliphatic heterocycles. The molecule has 1 rings (SSSR count). The van der Waals surface area contributed by atoms with Gasteiger partial charge < -0.3 is 10.0 Å². The number of para-hydroxylation sites is 1. The third-order valence-corrected chi connectivity index (χ3v) is 3.18.